The maximum atomic E-state index is 11.6. The molecular formula is C11H14N4O2. The molecule has 2 N–H and O–H groups in total. The van der Waals surface area contributed by atoms with Gasteiger partial charge in [0.15, 0.2) is 0 Å². The molecule has 1 atom stereocenters. The fourth-order valence-electron chi connectivity index (χ4n) is 2.08. The lowest BCUT2D eigenvalue weighted by Gasteiger charge is -2.23. The molecule has 0 saturated carbocycles. The van der Waals surface area contributed by atoms with Crippen LogP contribution in [0.2, 0.25) is 0 Å². The fraction of sp³-hybridized carbons (Fsp3) is 0.545. The minimum Gasteiger partial charge on any atom is -0.316 e. The smallest absolute Gasteiger partial charge is 0.316 e. The number of aromatic amines is 1. The van der Waals surface area contributed by atoms with Crippen LogP contribution in [-0.4, -0.2) is 22.6 Å². The van der Waals surface area contributed by atoms with Crippen molar-refractivity contribution in [3.63, 3.8) is 0 Å². The number of rotatable bonds is 2. The van der Waals surface area contributed by atoms with Crippen LogP contribution in [0.3, 0.4) is 0 Å². The average Bonchev–Trinajstić information content (AvgIpc) is 2.34. The molecule has 1 fully saturated rings. The van der Waals surface area contributed by atoms with E-state index in [0.717, 1.165) is 25.9 Å². The van der Waals surface area contributed by atoms with Crippen LogP contribution in [-0.2, 0) is 6.54 Å². The summed E-state index contributed by atoms with van der Waals surface area (Å²) in [5, 5.41) is 12.0. The van der Waals surface area contributed by atoms with Crippen molar-refractivity contribution >= 4 is 0 Å². The van der Waals surface area contributed by atoms with Gasteiger partial charge >= 0.3 is 5.69 Å². The van der Waals surface area contributed by atoms with Crippen LogP contribution in [0.4, 0.5) is 0 Å². The van der Waals surface area contributed by atoms with E-state index in [2.05, 4.69) is 10.3 Å². The lowest BCUT2D eigenvalue weighted by Crippen LogP contribution is -2.37. The Kier molecular flexibility index (Phi) is 3.40. The topological polar surface area (TPSA) is 90.7 Å². The highest BCUT2D eigenvalue weighted by Crippen LogP contribution is 2.11. The molecule has 17 heavy (non-hydrogen) atoms. The number of nitrogens with one attached hydrogen (secondary N) is 2. The highest BCUT2D eigenvalue weighted by Gasteiger charge is 2.14. The Morgan fingerprint density at radius 3 is 3.00 bits per heavy atom. The molecule has 0 amide bonds. The molecule has 0 bridgehead atoms. The summed E-state index contributed by atoms with van der Waals surface area (Å²) in [5.41, 5.74) is -1.08. The van der Waals surface area contributed by atoms with E-state index in [4.69, 9.17) is 5.26 Å². The summed E-state index contributed by atoms with van der Waals surface area (Å²) in [6.45, 7) is 2.42. The zero-order chi connectivity index (χ0) is 12.3. The second-order valence-corrected chi connectivity index (χ2v) is 4.28. The standard InChI is InChI=1S/C11H14N4O2/c12-4-9-7-15(11(17)14-10(9)16)6-8-2-1-3-13-5-8/h7-8,13H,1-3,5-6H2,(H,14,16,17)/t8-/m0/s1. The number of piperidine rings is 1. The van der Waals surface area contributed by atoms with Gasteiger partial charge in [0.05, 0.1) is 0 Å². The van der Waals surface area contributed by atoms with E-state index in [1.54, 1.807) is 6.07 Å². The van der Waals surface area contributed by atoms with E-state index < -0.39 is 11.2 Å². The predicted octanol–water partition coefficient (Wildman–Crippen LogP) is -0.592. The third-order valence-corrected chi connectivity index (χ3v) is 2.99. The van der Waals surface area contributed by atoms with Gasteiger partial charge in [0.2, 0.25) is 0 Å². The van der Waals surface area contributed by atoms with Crippen molar-refractivity contribution in [3.05, 3.63) is 32.6 Å². The Morgan fingerprint density at radius 1 is 1.53 bits per heavy atom. The first-order valence-corrected chi connectivity index (χ1v) is 5.65. The van der Waals surface area contributed by atoms with Crippen molar-refractivity contribution in [3.8, 4) is 6.07 Å². The monoisotopic (exact) mass is 234 g/mol. The van der Waals surface area contributed by atoms with Gasteiger partial charge in [-0.3, -0.25) is 14.3 Å². The van der Waals surface area contributed by atoms with Crippen LogP contribution in [0.1, 0.15) is 18.4 Å². The van der Waals surface area contributed by atoms with E-state index >= 15 is 0 Å². The zero-order valence-corrected chi connectivity index (χ0v) is 9.40. The maximum Gasteiger partial charge on any atom is 0.328 e. The van der Waals surface area contributed by atoms with Crippen LogP contribution in [0, 0.1) is 17.2 Å². The van der Waals surface area contributed by atoms with Crippen molar-refractivity contribution < 1.29 is 0 Å². The van der Waals surface area contributed by atoms with Crippen LogP contribution in [0.15, 0.2) is 15.8 Å². The van der Waals surface area contributed by atoms with Crippen molar-refractivity contribution in [2.45, 2.75) is 19.4 Å². The third kappa shape index (κ3) is 2.63. The first-order valence-electron chi connectivity index (χ1n) is 5.65. The quantitative estimate of drug-likeness (QED) is 0.715. The fourth-order valence-corrected chi connectivity index (χ4v) is 2.08. The number of H-pyrrole nitrogens is 1. The molecule has 1 aliphatic heterocycles. The maximum absolute atomic E-state index is 11.6. The first kappa shape index (κ1) is 11.6. The van der Waals surface area contributed by atoms with Gasteiger partial charge < -0.3 is 5.32 Å². The van der Waals surface area contributed by atoms with E-state index in [1.807, 2.05) is 0 Å². The average molecular weight is 234 g/mol. The molecule has 0 spiro atoms. The van der Waals surface area contributed by atoms with Crippen LogP contribution in [0.5, 0.6) is 0 Å². The van der Waals surface area contributed by atoms with E-state index in [9.17, 15) is 9.59 Å². The second kappa shape index (κ2) is 4.97. The molecule has 2 rings (SSSR count). The van der Waals surface area contributed by atoms with Gasteiger partial charge in [0.25, 0.3) is 5.56 Å². The lowest BCUT2D eigenvalue weighted by molar-refractivity contribution is 0.331. The molecular weight excluding hydrogens is 220 g/mol. The Morgan fingerprint density at radius 2 is 2.35 bits per heavy atom. The minimum atomic E-state index is -0.615. The predicted molar refractivity (Wildman–Crippen MR) is 61.6 cm³/mol. The molecule has 0 radical (unpaired) electrons. The number of nitrogens with zero attached hydrogens (tertiary/aromatic N) is 2. The Hall–Kier alpha value is -1.87. The molecule has 90 valence electrons. The summed E-state index contributed by atoms with van der Waals surface area (Å²) in [6.07, 6.45) is 3.49. The SMILES string of the molecule is N#Cc1cn(C[C@H]2CCCNC2)c(=O)[nH]c1=O. The van der Waals surface area contributed by atoms with Gasteiger partial charge in [0.1, 0.15) is 11.6 Å². The molecule has 2 heterocycles. The Balaban J connectivity index is 2.23. The minimum absolute atomic E-state index is 0.0200. The van der Waals surface area contributed by atoms with Crippen LogP contribution < -0.4 is 16.6 Å². The summed E-state index contributed by atoms with van der Waals surface area (Å²) in [4.78, 5) is 24.9. The van der Waals surface area contributed by atoms with Crippen molar-refractivity contribution in [1.29, 1.82) is 5.26 Å². The molecule has 0 aromatic carbocycles. The largest absolute Gasteiger partial charge is 0.328 e. The molecule has 1 aliphatic rings. The Labute approximate surface area is 97.9 Å². The lowest BCUT2D eigenvalue weighted by atomic mass is 10.00. The number of hydrogen-bond acceptors (Lipinski definition) is 4. The molecule has 1 aromatic heterocycles. The van der Waals surface area contributed by atoms with Crippen molar-refractivity contribution in [2.24, 2.45) is 5.92 Å². The normalized spacial score (nSPS) is 19.8. The van der Waals surface area contributed by atoms with Gasteiger partial charge in [-0.25, -0.2) is 4.79 Å². The molecule has 1 aromatic rings. The van der Waals surface area contributed by atoms with Gasteiger partial charge in [-0.15, -0.1) is 0 Å². The summed E-state index contributed by atoms with van der Waals surface area (Å²) in [6, 6.07) is 1.78. The van der Waals surface area contributed by atoms with Gasteiger partial charge in [0, 0.05) is 12.7 Å². The van der Waals surface area contributed by atoms with E-state index in [1.165, 1.54) is 10.8 Å². The van der Waals surface area contributed by atoms with Crippen molar-refractivity contribution in [1.82, 2.24) is 14.9 Å². The first-order chi connectivity index (χ1) is 8.20. The highest BCUT2D eigenvalue weighted by molar-refractivity contribution is 5.21. The van der Waals surface area contributed by atoms with Crippen LogP contribution >= 0.6 is 0 Å². The molecule has 0 unspecified atom stereocenters. The second-order valence-electron chi connectivity index (χ2n) is 4.28. The summed E-state index contributed by atoms with van der Waals surface area (Å²) in [7, 11) is 0. The summed E-state index contributed by atoms with van der Waals surface area (Å²) in [5.74, 6) is 0.374. The van der Waals surface area contributed by atoms with Crippen LogP contribution in [0.25, 0.3) is 0 Å². The number of aromatic nitrogens is 2. The van der Waals surface area contributed by atoms with Gasteiger partial charge in [-0.05, 0) is 31.8 Å². The molecule has 1 saturated heterocycles. The molecule has 6 nitrogen and oxygen atoms in total. The van der Waals surface area contributed by atoms with Gasteiger partial charge in [-0.2, -0.15) is 5.26 Å². The van der Waals surface area contributed by atoms with Gasteiger partial charge in [-0.1, -0.05) is 0 Å². The zero-order valence-electron chi connectivity index (χ0n) is 9.40. The molecule has 6 heteroatoms. The van der Waals surface area contributed by atoms with E-state index in [-0.39, 0.29) is 5.56 Å². The highest BCUT2D eigenvalue weighted by atomic mass is 16.2. The Bertz CT molecular complexity index is 546. The summed E-state index contributed by atoms with van der Waals surface area (Å²) >= 11 is 0. The van der Waals surface area contributed by atoms with E-state index in [0.29, 0.717) is 12.5 Å². The third-order valence-electron chi connectivity index (χ3n) is 2.99. The number of nitriles is 1. The molecule has 0 aliphatic carbocycles. The van der Waals surface area contributed by atoms with Crippen molar-refractivity contribution in [2.75, 3.05) is 13.1 Å². The number of hydrogen-bond donors (Lipinski definition) is 2. The summed E-state index contributed by atoms with van der Waals surface area (Å²) < 4.78 is 1.41.